The topological polar surface area (TPSA) is 113 Å². The highest BCUT2D eigenvalue weighted by molar-refractivity contribution is 7.92. The molecule has 1 fully saturated rings. The third kappa shape index (κ3) is 2.63. The molecule has 1 unspecified atom stereocenters. The number of aryl methyl sites for hydroxylation is 1. The van der Waals surface area contributed by atoms with Crippen LogP contribution in [0.25, 0.3) is 0 Å². The number of imidazole rings is 1. The third-order valence-electron chi connectivity index (χ3n) is 3.60. The average Bonchev–Trinajstić information content (AvgIpc) is 2.84. The number of aromatic nitrogens is 2. The zero-order valence-corrected chi connectivity index (χ0v) is 11.8. The Hall–Kier alpha value is -1.61. The fraction of sp³-hybridized carbons (Fsp3) is 0.636. The Morgan fingerprint density at radius 1 is 1.45 bits per heavy atom. The highest BCUT2D eigenvalue weighted by Crippen LogP contribution is 2.28. The van der Waals surface area contributed by atoms with Gasteiger partial charge in [0, 0.05) is 20.1 Å². The van der Waals surface area contributed by atoms with E-state index in [1.807, 2.05) is 0 Å². The minimum atomic E-state index is -3.78. The normalized spacial score (nSPS) is 19.0. The minimum Gasteiger partial charge on any atom is -0.465 e. The molecule has 0 saturated carbocycles. The summed E-state index contributed by atoms with van der Waals surface area (Å²) >= 11 is 0. The molecule has 0 spiro atoms. The zero-order valence-electron chi connectivity index (χ0n) is 11.0. The molecule has 1 aromatic heterocycles. The van der Waals surface area contributed by atoms with Gasteiger partial charge in [-0.2, -0.15) is 0 Å². The van der Waals surface area contributed by atoms with Gasteiger partial charge < -0.3 is 19.7 Å². The van der Waals surface area contributed by atoms with Crippen molar-refractivity contribution in [1.82, 2.24) is 14.5 Å². The summed E-state index contributed by atoms with van der Waals surface area (Å²) in [5.41, 5.74) is -1.41. The number of aliphatic hydroxyl groups is 1. The number of sulfone groups is 1. The van der Waals surface area contributed by atoms with E-state index >= 15 is 0 Å². The maximum absolute atomic E-state index is 12.4. The van der Waals surface area contributed by atoms with Gasteiger partial charge >= 0.3 is 6.09 Å². The molecule has 1 aliphatic rings. The number of piperidine rings is 1. The molecule has 1 aliphatic heterocycles. The van der Waals surface area contributed by atoms with E-state index in [9.17, 15) is 18.3 Å². The van der Waals surface area contributed by atoms with Crippen LogP contribution in [0, 0.1) is 0 Å². The summed E-state index contributed by atoms with van der Waals surface area (Å²) in [6.45, 7) is 0.328. The molecule has 1 aromatic rings. The predicted molar refractivity (Wildman–Crippen MR) is 69.7 cm³/mol. The van der Waals surface area contributed by atoms with E-state index in [0.29, 0.717) is 0 Å². The van der Waals surface area contributed by atoms with Crippen LogP contribution in [-0.2, 0) is 16.9 Å². The first-order valence-electron chi connectivity index (χ1n) is 6.19. The van der Waals surface area contributed by atoms with E-state index < -0.39 is 26.6 Å². The molecule has 1 amide bonds. The first-order valence-corrected chi connectivity index (χ1v) is 7.80. The number of amides is 1. The van der Waals surface area contributed by atoms with Crippen LogP contribution >= 0.6 is 0 Å². The van der Waals surface area contributed by atoms with Gasteiger partial charge in [-0.15, -0.1) is 0 Å². The molecule has 8 nitrogen and oxygen atoms in total. The smallest absolute Gasteiger partial charge is 0.407 e. The zero-order chi connectivity index (χ0) is 14.9. The summed E-state index contributed by atoms with van der Waals surface area (Å²) in [4.78, 5) is 15.8. The quantitative estimate of drug-likeness (QED) is 0.810. The summed E-state index contributed by atoms with van der Waals surface area (Å²) in [5.74, 6) is 0. The monoisotopic (exact) mass is 303 g/mol. The fourth-order valence-corrected chi connectivity index (χ4v) is 4.13. The van der Waals surface area contributed by atoms with Gasteiger partial charge in [0.1, 0.15) is 0 Å². The molecule has 0 aliphatic carbocycles. The maximum Gasteiger partial charge on any atom is 0.407 e. The van der Waals surface area contributed by atoms with Gasteiger partial charge in [-0.25, -0.2) is 18.2 Å². The molecule has 1 atom stereocenters. The molecule has 9 heteroatoms. The van der Waals surface area contributed by atoms with Gasteiger partial charge in [0.05, 0.1) is 23.5 Å². The van der Waals surface area contributed by atoms with Gasteiger partial charge in [-0.1, -0.05) is 0 Å². The second-order valence-electron chi connectivity index (χ2n) is 4.84. The number of hydrogen-bond acceptors (Lipinski definition) is 5. The first-order chi connectivity index (χ1) is 9.34. The Labute approximate surface area is 116 Å². The fourth-order valence-electron chi connectivity index (χ4n) is 2.33. The van der Waals surface area contributed by atoms with Crippen molar-refractivity contribution >= 4 is 15.9 Å². The van der Waals surface area contributed by atoms with Crippen LogP contribution in [-0.4, -0.2) is 57.5 Å². The van der Waals surface area contributed by atoms with E-state index in [2.05, 4.69) is 4.98 Å². The second-order valence-corrected chi connectivity index (χ2v) is 7.13. The lowest BCUT2D eigenvalue weighted by Gasteiger charge is -2.30. The van der Waals surface area contributed by atoms with E-state index in [-0.39, 0.29) is 31.6 Å². The van der Waals surface area contributed by atoms with Crippen LogP contribution in [0.4, 0.5) is 4.79 Å². The van der Waals surface area contributed by atoms with Gasteiger partial charge in [0.25, 0.3) is 0 Å². The summed E-state index contributed by atoms with van der Waals surface area (Å²) in [6, 6.07) is 0. The van der Waals surface area contributed by atoms with Crippen LogP contribution in [0.5, 0.6) is 0 Å². The summed E-state index contributed by atoms with van der Waals surface area (Å²) in [6.07, 6.45) is 2.08. The van der Waals surface area contributed by atoms with Crippen molar-refractivity contribution in [2.24, 2.45) is 7.05 Å². The van der Waals surface area contributed by atoms with E-state index in [0.717, 1.165) is 0 Å². The van der Waals surface area contributed by atoms with Crippen molar-refractivity contribution in [3.8, 4) is 0 Å². The van der Waals surface area contributed by atoms with Gasteiger partial charge in [0.15, 0.2) is 15.3 Å². The molecular formula is C11H17N3O5S. The Kier molecular flexibility index (Phi) is 4.00. The summed E-state index contributed by atoms with van der Waals surface area (Å²) < 4.78 is 26.2. The van der Waals surface area contributed by atoms with Crippen LogP contribution in [0.1, 0.15) is 24.0 Å². The Balaban J connectivity index is 2.12. The molecule has 0 radical (unpaired) electrons. The Morgan fingerprint density at radius 2 is 2.05 bits per heavy atom. The molecule has 0 aromatic carbocycles. The van der Waals surface area contributed by atoms with Gasteiger partial charge in [-0.3, -0.25) is 0 Å². The lowest BCUT2D eigenvalue weighted by molar-refractivity contribution is 0.135. The molecule has 2 N–H and O–H groups in total. The van der Waals surface area contributed by atoms with Crippen molar-refractivity contribution in [2.75, 3.05) is 13.1 Å². The lowest BCUT2D eigenvalue weighted by atomic mass is 10.1. The third-order valence-corrected chi connectivity index (χ3v) is 5.86. The maximum atomic E-state index is 12.4. The molecule has 1 saturated heterocycles. The van der Waals surface area contributed by atoms with Gasteiger partial charge in [-0.05, 0) is 12.8 Å². The van der Waals surface area contributed by atoms with Crippen LogP contribution in [0.15, 0.2) is 12.5 Å². The van der Waals surface area contributed by atoms with Crippen molar-refractivity contribution in [3.63, 3.8) is 0 Å². The van der Waals surface area contributed by atoms with Crippen LogP contribution < -0.4 is 0 Å². The number of carboxylic acid groups (broad SMARTS) is 1. The lowest BCUT2D eigenvalue weighted by Crippen LogP contribution is -2.43. The van der Waals surface area contributed by atoms with Crippen LogP contribution in [0.3, 0.4) is 0 Å². The highest BCUT2D eigenvalue weighted by atomic mass is 32.2. The van der Waals surface area contributed by atoms with E-state index in [1.54, 1.807) is 7.05 Å². The molecule has 0 bridgehead atoms. The molecule has 20 heavy (non-hydrogen) atoms. The number of likely N-dealkylation sites (tertiary alicyclic amines) is 1. The summed E-state index contributed by atoms with van der Waals surface area (Å²) in [5, 5.41) is 18.2. The largest absolute Gasteiger partial charge is 0.465 e. The second kappa shape index (κ2) is 5.41. The van der Waals surface area contributed by atoms with E-state index in [1.165, 1.54) is 22.0 Å². The van der Waals surface area contributed by atoms with Gasteiger partial charge in [0.2, 0.25) is 0 Å². The SMILES string of the molecule is Cn1cncc1C(O)S(=O)(=O)C1CCN(C(=O)O)CC1. The standard InChI is InChI=1S/C11H17N3O5S/c1-13-7-12-6-9(13)10(15)20(18,19)8-2-4-14(5-3-8)11(16)17/h6-8,10,15H,2-5H2,1H3,(H,16,17). The average molecular weight is 303 g/mol. The molecular weight excluding hydrogens is 286 g/mol. The Bertz CT molecular complexity index is 589. The molecule has 2 rings (SSSR count). The minimum absolute atomic E-state index is 0.164. The molecule has 2 heterocycles. The number of hydrogen-bond donors (Lipinski definition) is 2. The number of aliphatic hydroxyl groups excluding tert-OH is 1. The van der Waals surface area contributed by atoms with Crippen molar-refractivity contribution < 1.29 is 23.4 Å². The van der Waals surface area contributed by atoms with Crippen molar-refractivity contribution in [1.29, 1.82) is 0 Å². The first kappa shape index (κ1) is 14.8. The van der Waals surface area contributed by atoms with Crippen molar-refractivity contribution in [3.05, 3.63) is 18.2 Å². The molecule has 112 valence electrons. The number of nitrogens with zero attached hydrogens (tertiary/aromatic N) is 3. The Morgan fingerprint density at radius 3 is 2.50 bits per heavy atom. The summed E-state index contributed by atoms with van der Waals surface area (Å²) in [7, 11) is -2.18. The predicted octanol–water partition coefficient (Wildman–Crippen LogP) is -0.0318. The highest BCUT2D eigenvalue weighted by Gasteiger charge is 2.38. The van der Waals surface area contributed by atoms with Crippen molar-refractivity contribution in [2.45, 2.75) is 23.5 Å². The van der Waals surface area contributed by atoms with Crippen LogP contribution in [0.2, 0.25) is 0 Å². The number of rotatable bonds is 3. The van der Waals surface area contributed by atoms with E-state index in [4.69, 9.17) is 5.11 Å². The number of carbonyl (C=O) groups is 1.